The van der Waals surface area contributed by atoms with E-state index in [-0.39, 0.29) is 17.8 Å². The van der Waals surface area contributed by atoms with Crippen molar-refractivity contribution in [2.75, 3.05) is 19.0 Å². The first-order valence-electron chi connectivity index (χ1n) is 8.47. The fourth-order valence-corrected chi connectivity index (χ4v) is 3.39. The van der Waals surface area contributed by atoms with Crippen LogP contribution >= 0.6 is 0 Å². The van der Waals surface area contributed by atoms with Gasteiger partial charge in [0.2, 0.25) is 0 Å². The third kappa shape index (κ3) is 3.46. The van der Waals surface area contributed by atoms with Crippen LogP contribution in [0.4, 0.5) is 16.2 Å². The first kappa shape index (κ1) is 17.7. The predicted molar refractivity (Wildman–Crippen MR) is 98.5 cm³/mol. The summed E-state index contributed by atoms with van der Waals surface area (Å²) in [5.74, 6) is 0.385. The van der Waals surface area contributed by atoms with Gasteiger partial charge < -0.3 is 15.0 Å². The average Bonchev–Trinajstić information content (AvgIpc) is 3.11. The van der Waals surface area contributed by atoms with Crippen LogP contribution in [0.5, 0.6) is 5.75 Å². The van der Waals surface area contributed by atoms with Crippen molar-refractivity contribution in [2.24, 2.45) is 0 Å². The highest BCUT2D eigenvalue weighted by Crippen LogP contribution is 2.35. The molecule has 0 radical (unpaired) electrons. The van der Waals surface area contributed by atoms with E-state index < -0.39 is 4.92 Å². The van der Waals surface area contributed by atoms with Gasteiger partial charge in [0.25, 0.3) is 5.69 Å². The number of urea groups is 1. The summed E-state index contributed by atoms with van der Waals surface area (Å²) in [5.41, 5.74) is 2.47. The molecule has 2 amide bonds. The van der Waals surface area contributed by atoms with E-state index >= 15 is 0 Å². The largest absolute Gasteiger partial charge is 0.495 e. The van der Waals surface area contributed by atoms with Crippen LogP contribution in [0.25, 0.3) is 0 Å². The number of hydrogen-bond acceptors (Lipinski definition) is 4. The average molecular weight is 355 g/mol. The van der Waals surface area contributed by atoms with Gasteiger partial charge in [0.05, 0.1) is 23.8 Å². The molecule has 136 valence electrons. The molecule has 1 heterocycles. The summed E-state index contributed by atoms with van der Waals surface area (Å²) in [5, 5.41) is 13.8. The molecule has 0 aliphatic carbocycles. The summed E-state index contributed by atoms with van der Waals surface area (Å²) in [6, 6.07) is 11.9. The van der Waals surface area contributed by atoms with Gasteiger partial charge in [-0.15, -0.1) is 0 Å². The molecule has 1 N–H and O–H groups in total. The number of hydrogen-bond donors (Lipinski definition) is 1. The van der Waals surface area contributed by atoms with Crippen LogP contribution in [0.2, 0.25) is 0 Å². The number of amides is 2. The van der Waals surface area contributed by atoms with Crippen molar-refractivity contribution < 1.29 is 14.5 Å². The first-order chi connectivity index (χ1) is 12.5. The van der Waals surface area contributed by atoms with Gasteiger partial charge in [0.15, 0.2) is 0 Å². The number of aryl methyl sites for hydroxylation is 1. The normalized spacial score (nSPS) is 16.4. The first-order valence-corrected chi connectivity index (χ1v) is 8.47. The van der Waals surface area contributed by atoms with Gasteiger partial charge in [0.1, 0.15) is 5.75 Å². The Labute approximate surface area is 151 Å². The lowest BCUT2D eigenvalue weighted by atomic mass is 9.99. The van der Waals surface area contributed by atoms with Crippen LogP contribution in [0.3, 0.4) is 0 Å². The van der Waals surface area contributed by atoms with Crippen LogP contribution in [-0.2, 0) is 0 Å². The molecule has 3 rings (SSSR count). The fraction of sp³-hybridized carbons (Fsp3) is 0.316. The van der Waals surface area contributed by atoms with E-state index in [4.69, 9.17) is 4.74 Å². The summed E-state index contributed by atoms with van der Waals surface area (Å²) in [6.45, 7) is 2.68. The second-order valence-electron chi connectivity index (χ2n) is 6.28. The molecule has 1 aliphatic rings. The van der Waals surface area contributed by atoms with Gasteiger partial charge in [-0.2, -0.15) is 0 Å². The number of nitrogens with one attached hydrogen (secondary N) is 1. The highest BCUT2D eigenvalue weighted by molar-refractivity contribution is 5.92. The molecular weight excluding hydrogens is 334 g/mol. The van der Waals surface area contributed by atoms with E-state index in [1.165, 1.54) is 25.3 Å². The minimum Gasteiger partial charge on any atom is -0.495 e. The summed E-state index contributed by atoms with van der Waals surface area (Å²) in [4.78, 5) is 25.1. The number of carbonyl (C=O) groups excluding carboxylic acids is 1. The van der Waals surface area contributed by atoms with Gasteiger partial charge in [-0.25, -0.2) is 4.79 Å². The van der Waals surface area contributed by atoms with Crippen LogP contribution in [0.15, 0.2) is 42.5 Å². The van der Waals surface area contributed by atoms with Crippen molar-refractivity contribution in [3.63, 3.8) is 0 Å². The maximum atomic E-state index is 12.8. The van der Waals surface area contributed by atoms with Crippen molar-refractivity contribution in [1.82, 2.24) is 4.90 Å². The number of nitro benzene ring substituents is 1. The topological polar surface area (TPSA) is 84.7 Å². The highest BCUT2D eigenvalue weighted by atomic mass is 16.6. The molecule has 7 nitrogen and oxygen atoms in total. The molecule has 0 aromatic heterocycles. The summed E-state index contributed by atoms with van der Waals surface area (Å²) >= 11 is 0. The Hall–Kier alpha value is -3.09. The molecule has 0 bridgehead atoms. The van der Waals surface area contributed by atoms with E-state index in [1.54, 1.807) is 4.90 Å². The van der Waals surface area contributed by atoms with Gasteiger partial charge in [-0.05, 0) is 37.0 Å². The number of nitro groups is 1. The van der Waals surface area contributed by atoms with E-state index in [0.717, 1.165) is 24.0 Å². The lowest BCUT2D eigenvalue weighted by molar-refractivity contribution is -0.384. The van der Waals surface area contributed by atoms with Crippen molar-refractivity contribution in [2.45, 2.75) is 25.8 Å². The molecule has 7 heteroatoms. The molecule has 2 aromatic rings. The van der Waals surface area contributed by atoms with Crippen molar-refractivity contribution in [1.29, 1.82) is 0 Å². The Bertz CT molecular complexity index is 837. The van der Waals surface area contributed by atoms with E-state index in [0.29, 0.717) is 18.0 Å². The van der Waals surface area contributed by atoms with Gasteiger partial charge in [0, 0.05) is 18.7 Å². The Morgan fingerprint density at radius 3 is 2.77 bits per heavy atom. The quantitative estimate of drug-likeness (QED) is 0.655. The molecular formula is C19H21N3O4. The predicted octanol–water partition coefficient (Wildman–Crippen LogP) is 4.28. The zero-order valence-corrected chi connectivity index (χ0v) is 14.8. The monoisotopic (exact) mass is 355 g/mol. The van der Waals surface area contributed by atoms with Crippen LogP contribution in [0.1, 0.15) is 30.0 Å². The summed E-state index contributed by atoms with van der Waals surface area (Å²) < 4.78 is 5.22. The minimum atomic E-state index is -0.499. The van der Waals surface area contributed by atoms with Crippen LogP contribution in [-0.4, -0.2) is 29.5 Å². The molecule has 26 heavy (non-hydrogen) atoms. The van der Waals surface area contributed by atoms with Crippen LogP contribution < -0.4 is 10.1 Å². The Kier molecular flexibility index (Phi) is 5.06. The van der Waals surface area contributed by atoms with Gasteiger partial charge >= 0.3 is 6.03 Å². The number of methoxy groups -OCH3 is 1. The molecule has 1 fully saturated rings. The van der Waals surface area contributed by atoms with Crippen molar-refractivity contribution in [3.05, 3.63) is 63.7 Å². The number of rotatable bonds is 4. The Balaban J connectivity index is 1.84. The molecule has 0 saturated carbocycles. The molecule has 1 atom stereocenters. The standard InChI is InChI=1S/C19H21N3O4/c1-13-6-3-4-7-15(13)17-8-5-11-21(17)19(23)20-16-12-14(22(24)25)9-10-18(16)26-2/h3-4,6-7,9-10,12,17H,5,8,11H2,1-2H3,(H,20,23)/t17-/m1/s1. The summed E-state index contributed by atoms with van der Waals surface area (Å²) in [7, 11) is 1.46. The SMILES string of the molecule is COc1ccc([N+](=O)[O-])cc1NC(=O)N1CCC[C@@H]1c1ccccc1C. The number of carbonyl (C=O) groups is 1. The smallest absolute Gasteiger partial charge is 0.322 e. The van der Waals surface area contributed by atoms with Crippen LogP contribution in [0, 0.1) is 17.0 Å². The fourth-order valence-electron chi connectivity index (χ4n) is 3.39. The Morgan fingerprint density at radius 2 is 2.08 bits per heavy atom. The lowest BCUT2D eigenvalue weighted by Crippen LogP contribution is -2.34. The minimum absolute atomic E-state index is 0.000827. The zero-order chi connectivity index (χ0) is 18.7. The zero-order valence-electron chi connectivity index (χ0n) is 14.8. The number of likely N-dealkylation sites (tertiary alicyclic amines) is 1. The second kappa shape index (κ2) is 7.43. The van der Waals surface area contributed by atoms with Gasteiger partial charge in [-0.3, -0.25) is 10.1 Å². The molecule has 2 aromatic carbocycles. The lowest BCUT2D eigenvalue weighted by Gasteiger charge is -2.26. The molecule has 0 spiro atoms. The second-order valence-corrected chi connectivity index (χ2v) is 6.28. The van der Waals surface area contributed by atoms with Crippen molar-refractivity contribution in [3.8, 4) is 5.75 Å². The van der Waals surface area contributed by atoms with Crippen molar-refractivity contribution >= 4 is 17.4 Å². The molecule has 1 saturated heterocycles. The molecule has 1 aliphatic heterocycles. The Morgan fingerprint density at radius 1 is 1.31 bits per heavy atom. The number of benzene rings is 2. The summed E-state index contributed by atoms with van der Waals surface area (Å²) in [6.07, 6.45) is 1.81. The van der Waals surface area contributed by atoms with E-state index in [1.807, 2.05) is 31.2 Å². The maximum absolute atomic E-state index is 12.8. The van der Waals surface area contributed by atoms with E-state index in [9.17, 15) is 14.9 Å². The van der Waals surface area contributed by atoms with E-state index in [2.05, 4.69) is 5.32 Å². The number of nitrogens with zero attached hydrogens (tertiary/aromatic N) is 2. The number of non-ortho nitro benzene ring substituents is 1. The third-order valence-corrected chi connectivity index (χ3v) is 4.70. The third-order valence-electron chi connectivity index (χ3n) is 4.70. The number of ether oxygens (including phenoxy) is 1. The van der Waals surface area contributed by atoms with Gasteiger partial charge in [-0.1, -0.05) is 24.3 Å². The molecule has 0 unspecified atom stereocenters. The highest BCUT2D eigenvalue weighted by Gasteiger charge is 2.31. The number of anilines is 1. The maximum Gasteiger partial charge on any atom is 0.322 e.